The van der Waals surface area contributed by atoms with Gasteiger partial charge >= 0.3 is 0 Å². The minimum Gasteiger partial charge on any atom is -0.382 e. The predicted molar refractivity (Wildman–Crippen MR) is 65.5 cm³/mol. The summed E-state index contributed by atoms with van der Waals surface area (Å²) in [6.45, 7) is 8.27. The minimum absolute atomic E-state index is 0.117. The van der Waals surface area contributed by atoms with Crippen molar-refractivity contribution in [3.8, 4) is 0 Å². The number of hydrogen-bond acceptors (Lipinski definition) is 5. The van der Waals surface area contributed by atoms with E-state index in [0.717, 1.165) is 10.7 Å². The average molecular weight is 244 g/mol. The molecule has 4 nitrogen and oxygen atoms in total. The highest BCUT2D eigenvalue weighted by Crippen LogP contribution is 2.23. The van der Waals surface area contributed by atoms with E-state index in [-0.39, 0.29) is 5.41 Å². The van der Waals surface area contributed by atoms with Crippen LogP contribution in [0, 0.1) is 0 Å². The summed E-state index contributed by atoms with van der Waals surface area (Å²) in [5, 5.41) is 3.15. The smallest absolute Gasteiger partial charge is 0.109 e. The molecule has 0 aliphatic heterocycles. The van der Waals surface area contributed by atoms with Crippen LogP contribution in [0.4, 0.5) is 0 Å². The van der Waals surface area contributed by atoms with Crippen LogP contribution in [0.5, 0.6) is 0 Å². The Morgan fingerprint density at radius 3 is 2.69 bits per heavy atom. The molecule has 0 bridgehead atoms. The second kappa shape index (κ2) is 6.30. The Labute approximate surface area is 101 Å². The molecule has 1 aromatic heterocycles. The SMILES string of the molecule is COCCONCc1nc(C(C)(C)C)cs1. The highest BCUT2D eigenvalue weighted by Gasteiger charge is 2.17. The molecular formula is C11H20N2O2S. The van der Waals surface area contributed by atoms with Crippen LogP contribution in [0.2, 0.25) is 0 Å². The molecular weight excluding hydrogens is 224 g/mol. The van der Waals surface area contributed by atoms with Crippen molar-refractivity contribution in [1.29, 1.82) is 0 Å². The van der Waals surface area contributed by atoms with Crippen LogP contribution in [-0.2, 0) is 21.5 Å². The average Bonchev–Trinajstić information content (AvgIpc) is 2.65. The van der Waals surface area contributed by atoms with Gasteiger partial charge in [-0.2, -0.15) is 5.48 Å². The summed E-state index contributed by atoms with van der Waals surface area (Å²) in [5.41, 5.74) is 4.12. The number of methoxy groups -OCH3 is 1. The van der Waals surface area contributed by atoms with Crippen LogP contribution < -0.4 is 5.48 Å². The molecule has 1 aromatic rings. The lowest BCUT2D eigenvalue weighted by molar-refractivity contribution is 0.00342. The van der Waals surface area contributed by atoms with Crippen LogP contribution >= 0.6 is 11.3 Å². The van der Waals surface area contributed by atoms with E-state index >= 15 is 0 Å². The number of thiazole rings is 1. The van der Waals surface area contributed by atoms with Gasteiger partial charge in [-0.1, -0.05) is 20.8 Å². The normalized spacial score (nSPS) is 12.0. The van der Waals surface area contributed by atoms with E-state index in [2.05, 4.69) is 36.6 Å². The Kier molecular flexibility index (Phi) is 5.34. The van der Waals surface area contributed by atoms with Crippen molar-refractivity contribution in [1.82, 2.24) is 10.5 Å². The highest BCUT2D eigenvalue weighted by molar-refractivity contribution is 7.09. The lowest BCUT2D eigenvalue weighted by Gasteiger charge is -2.14. The first-order valence-electron chi connectivity index (χ1n) is 5.32. The molecule has 0 aliphatic carbocycles. The molecule has 0 atom stereocenters. The van der Waals surface area contributed by atoms with E-state index in [1.165, 1.54) is 0 Å². The van der Waals surface area contributed by atoms with Crippen LogP contribution in [0.15, 0.2) is 5.38 Å². The first-order chi connectivity index (χ1) is 7.54. The third-order valence-corrected chi connectivity index (χ3v) is 2.88. The van der Waals surface area contributed by atoms with Crippen molar-refractivity contribution in [3.05, 3.63) is 16.1 Å². The maximum absolute atomic E-state index is 5.16. The molecule has 0 fully saturated rings. The summed E-state index contributed by atoms with van der Waals surface area (Å²) in [5.74, 6) is 0. The molecule has 0 aromatic carbocycles. The van der Waals surface area contributed by atoms with E-state index in [0.29, 0.717) is 19.8 Å². The Balaban J connectivity index is 2.30. The van der Waals surface area contributed by atoms with E-state index in [9.17, 15) is 0 Å². The summed E-state index contributed by atoms with van der Waals surface area (Å²) in [4.78, 5) is 9.71. The molecule has 16 heavy (non-hydrogen) atoms. The van der Waals surface area contributed by atoms with Crippen molar-refractivity contribution in [2.75, 3.05) is 20.3 Å². The molecule has 0 spiro atoms. The van der Waals surface area contributed by atoms with E-state index in [1.54, 1.807) is 18.4 Å². The maximum Gasteiger partial charge on any atom is 0.109 e. The van der Waals surface area contributed by atoms with Gasteiger partial charge in [0.2, 0.25) is 0 Å². The largest absolute Gasteiger partial charge is 0.382 e. The maximum atomic E-state index is 5.16. The summed E-state index contributed by atoms with van der Waals surface area (Å²) in [7, 11) is 1.65. The van der Waals surface area contributed by atoms with Gasteiger partial charge in [0.25, 0.3) is 0 Å². The zero-order valence-corrected chi connectivity index (χ0v) is 11.2. The van der Waals surface area contributed by atoms with Gasteiger partial charge in [-0.05, 0) is 0 Å². The lowest BCUT2D eigenvalue weighted by Crippen LogP contribution is -2.17. The van der Waals surface area contributed by atoms with Crippen molar-refractivity contribution < 1.29 is 9.57 Å². The van der Waals surface area contributed by atoms with Gasteiger partial charge in [0.1, 0.15) is 5.01 Å². The van der Waals surface area contributed by atoms with Gasteiger partial charge in [0.05, 0.1) is 25.5 Å². The van der Waals surface area contributed by atoms with E-state index in [1.807, 2.05) is 0 Å². The van der Waals surface area contributed by atoms with Crippen molar-refractivity contribution in [2.45, 2.75) is 32.7 Å². The molecule has 0 amide bonds. The van der Waals surface area contributed by atoms with Crippen molar-refractivity contribution in [2.24, 2.45) is 0 Å². The van der Waals surface area contributed by atoms with Crippen LogP contribution in [-0.4, -0.2) is 25.3 Å². The second-order valence-corrected chi connectivity index (χ2v) is 5.48. The fourth-order valence-corrected chi connectivity index (χ4v) is 1.99. The molecule has 0 saturated carbocycles. The monoisotopic (exact) mass is 244 g/mol. The number of aromatic nitrogens is 1. The van der Waals surface area contributed by atoms with Gasteiger partial charge in [-0.3, -0.25) is 4.84 Å². The quantitative estimate of drug-likeness (QED) is 0.615. The molecule has 0 unspecified atom stereocenters. The molecule has 1 N–H and O–H groups in total. The Morgan fingerprint density at radius 2 is 2.12 bits per heavy atom. The standard InChI is InChI=1S/C11H20N2O2S/c1-11(2,3)9-8-16-10(13-9)7-12-15-6-5-14-4/h8,12H,5-7H2,1-4H3. The Bertz CT molecular complexity index is 307. The lowest BCUT2D eigenvalue weighted by atomic mass is 9.93. The fraction of sp³-hybridized carbons (Fsp3) is 0.727. The van der Waals surface area contributed by atoms with Crippen molar-refractivity contribution >= 4 is 11.3 Å². The number of nitrogens with one attached hydrogen (secondary N) is 1. The van der Waals surface area contributed by atoms with Gasteiger partial charge in [0, 0.05) is 17.9 Å². The van der Waals surface area contributed by atoms with Crippen molar-refractivity contribution in [3.63, 3.8) is 0 Å². The zero-order valence-electron chi connectivity index (χ0n) is 10.4. The fourth-order valence-electron chi connectivity index (χ4n) is 1.05. The van der Waals surface area contributed by atoms with Gasteiger partial charge in [0.15, 0.2) is 0 Å². The number of nitrogens with zero attached hydrogens (tertiary/aromatic N) is 1. The van der Waals surface area contributed by atoms with Crippen LogP contribution in [0.1, 0.15) is 31.5 Å². The van der Waals surface area contributed by atoms with Crippen LogP contribution in [0.25, 0.3) is 0 Å². The minimum atomic E-state index is 0.117. The first kappa shape index (κ1) is 13.6. The molecule has 0 saturated heterocycles. The number of hydrogen-bond donors (Lipinski definition) is 1. The Hall–Kier alpha value is -0.490. The van der Waals surface area contributed by atoms with E-state index in [4.69, 9.17) is 9.57 Å². The summed E-state index contributed by atoms with van der Waals surface area (Å²) >= 11 is 1.66. The van der Waals surface area contributed by atoms with Gasteiger partial charge < -0.3 is 4.74 Å². The second-order valence-electron chi connectivity index (χ2n) is 4.54. The summed E-state index contributed by atoms with van der Waals surface area (Å²) in [6, 6.07) is 0. The third-order valence-electron chi connectivity index (χ3n) is 2.04. The molecule has 1 rings (SSSR count). The predicted octanol–water partition coefficient (Wildman–Crippen LogP) is 2.11. The first-order valence-corrected chi connectivity index (χ1v) is 6.20. The number of ether oxygens (including phenoxy) is 1. The van der Waals surface area contributed by atoms with E-state index < -0.39 is 0 Å². The van der Waals surface area contributed by atoms with Crippen LogP contribution in [0.3, 0.4) is 0 Å². The molecule has 1 heterocycles. The molecule has 0 radical (unpaired) electrons. The molecule has 92 valence electrons. The number of rotatable bonds is 6. The molecule has 5 heteroatoms. The zero-order chi connectivity index (χ0) is 12.0. The highest BCUT2D eigenvalue weighted by atomic mass is 32.1. The molecule has 0 aliphatic rings. The summed E-state index contributed by atoms with van der Waals surface area (Å²) in [6.07, 6.45) is 0. The Morgan fingerprint density at radius 1 is 1.38 bits per heavy atom. The topological polar surface area (TPSA) is 43.4 Å². The summed E-state index contributed by atoms with van der Waals surface area (Å²) < 4.78 is 4.86. The van der Waals surface area contributed by atoms with Gasteiger partial charge in [-0.25, -0.2) is 4.98 Å². The number of hydroxylamine groups is 1. The third kappa shape index (κ3) is 4.57. The van der Waals surface area contributed by atoms with Gasteiger partial charge in [-0.15, -0.1) is 11.3 Å².